The van der Waals surface area contributed by atoms with E-state index in [0.29, 0.717) is 13.0 Å². The Kier molecular flexibility index (Phi) is 23.0. The monoisotopic (exact) mass is 836 g/mol. The Hall–Kier alpha value is -4.23. The maximum Gasteiger partial charge on any atom is 0.305 e. The fourth-order valence-corrected chi connectivity index (χ4v) is 7.35. The molecule has 1 saturated heterocycles. The third kappa shape index (κ3) is 18.6. The number of amides is 8. The van der Waals surface area contributed by atoms with Gasteiger partial charge >= 0.3 is 5.97 Å². The van der Waals surface area contributed by atoms with Crippen molar-refractivity contribution in [1.29, 1.82) is 0 Å². The van der Waals surface area contributed by atoms with E-state index in [-0.39, 0.29) is 43.4 Å². The lowest BCUT2D eigenvalue weighted by Crippen LogP contribution is -2.62. The van der Waals surface area contributed by atoms with Crippen LogP contribution in [-0.2, 0) is 43.2 Å². The number of aliphatic hydroxyl groups is 2. The summed E-state index contributed by atoms with van der Waals surface area (Å²) in [6.45, 7) is 5.40. The number of aliphatic carboxylic acids is 1. The molecule has 0 unspecified atom stereocenters. The van der Waals surface area contributed by atoms with Crippen LogP contribution < -0.4 is 54.0 Å². The highest BCUT2D eigenvalue weighted by Gasteiger charge is 2.36. The van der Waals surface area contributed by atoms with Crippen LogP contribution in [0.25, 0.3) is 0 Å². The van der Waals surface area contributed by atoms with Gasteiger partial charge in [-0.25, -0.2) is 0 Å². The van der Waals surface area contributed by atoms with E-state index in [1.807, 2.05) is 13.8 Å². The number of carboxylic acid groups (broad SMARTS) is 1. The van der Waals surface area contributed by atoms with E-state index in [1.165, 1.54) is 0 Å². The fourth-order valence-electron chi connectivity index (χ4n) is 5.01. The minimum absolute atomic E-state index is 0.0238. The van der Waals surface area contributed by atoms with Crippen molar-refractivity contribution in [2.75, 3.05) is 31.3 Å². The minimum atomic E-state index is -1.91. The molecule has 8 amide bonds. The number of hydrogen-bond acceptors (Lipinski definition) is 15. The van der Waals surface area contributed by atoms with Crippen molar-refractivity contribution in [3.63, 3.8) is 0 Å². The molecule has 0 aromatic carbocycles. The first-order valence-electron chi connectivity index (χ1n) is 17.9. The molecule has 15 N–H and O–H groups in total. The van der Waals surface area contributed by atoms with E-state index < -0.39 is 115 Å². The lowest BCUT2D eigenvalue weighted by atomic mass is 10.0. The van der Waals surface area contributed by atoms with Crippen molar-refractivity contribution in [2.45, 2.75) is 108 Å². The van der Waals surface area contributed by atoms with Crippen LogP contribution in [0.5, 0.6) is 0 Å². The van der Waals surface area contributed by atoms with Crippen LogP contribution in [0.2, 0.25) is 0 Å². The molecule has 0 bridgehead atoms. The van der Waals surface area contributed by atoms with Crippen LogP contribution in [-0.4, -0.2) is 148 Å². The topological polar surface area (TPSA) is 363 Å². The first kappa shape index (κ1) is 49.8. The number of carbonyl (C=O) groups excluding carboxylic acids is 8. The third-order valence-corrected chi connectivity index (χ3v) is 10.5. The molecular formula is C32H56N10O12S2. The maximum absolute atomic E-state index is 13.5. The smallest absolute Gasteiger partial charge is 0.305 e. The van der Waals surface area contributed by atoms with Gasteiger partial charge in [0.2, 0.25) is 47.3 Å². The summed E-state index contributed by atoms with van der Waals surface area (Å²) >= 11 is 0. The molecule has 1 fully saturated rings. The molecule has 22 nitrogen and oxygen atoms in total. The van der Waals surface area contributed by atoms with E-state index >= 15 is 0 Å². The average Bonchev–Trinajstić information content (AvgIpc) is 3.11. The van der Waals surface area contributed by atoms with Crippen molar-refractivity contribution in [3.05, 3.63) is 0 Å². The number of rotatable bonds is 14. The van der Waals surface area contributed by atoms with E-state index in [9.17, 15) is 58.5 Å². The second-order valence-electron chi connectivity index (χ2n) is 13.4. The van der Waals surface area contributed by atoms with Crippen LogP contribution in [0.3, 0.4) is 0 Å². The number of aliphatic hydroxyl groups excluding tert-OH is 2. The maximum atomic E-state index is 13.5. The Bertz CT molecular complexity index is 1390. The zero-order valence-corrected chi connectivity index (χ0v) is 33.4. The van der Waals surface area contributed by atoms with E-state index in [2.05, 4.69) is 42.5 Å². The van der Waals surface area contributed by atoms with Crippen LogP contribution in [0, 0.1) is 5.92 Å². The van der Waals surface area contributed by atoms with Gasteiger partial charge in [0.1, 0.15) is 42.3 Å². The molecule has 1 aliphatic rings. The summed E-state index contributed by atoms with van der Waals surface area (Å²) in [5.74, 6) is -9.38. The Balaban J connectivity index is 3.68. The summed E-state index contributed by atoms with van der Waals surface area (Å²) in [5.41, 5.74) is 11.0. The number of hydrogen-bond donors (Lipinski definition) is 13. The number of nitrogens with two attached hydrogens (primary N) is 2. The van der Waals surface area contributed by atoms with Crippen LogP contribution in [0.1, 0.15) is 59.8 Å². The predicted octanol–water partition coefficient (Wildman–Crippen LogP) is -5.15. The normalized spacial score (nSPS) is 26.0. The number of nitrogens with one attached hydrogen (secondary N) is 8. The minimum Gasteiger partial charge on any atom is -0.481 e. The highest BCUT2D eigenvalue weighted by molar-refractivity contribution is 8.76. The Morgan fingerprint density at radius 3 is 1.88 bits per heavy atom. The average molecular weight is 837 g/mol. The van der Waals surface area contributed by atoms with Crippen LogP contribution in [0.15, 0.2) is 0 Å². The second kappa shape index (κ2) is 25.8. The van der Waals surface area contributed by atoms with E-state index in [1.54, 1.807) is 0 Å². The Morgan fingerprint density at radius 2 is 1.32 bits per heavy atom. The summed E-state index contributed by atoms with van der Waals surface area (Å²) in [6, 6.07) is -10.6. The molecule has 24 heteroatoms. The lowest BCUT2D eigenvalue weighted by molar-refractivity contribution is -0.142. The molecule has 1 heterocycles. The molecule has 0 spiro atoms. The molecule has 8 atom stereocenters. The van der Waals surface area contributed by atoms with Gasteiger partial charge in [-0.2, -0.15) is 0 Å². The van der Waals surface area contributed by atoms with Crippen molar-refractivity contribution >= 4 is 74.8 Å². The van der Waals surface area contributed by atoms with Gasteiger partial charge in [0.05, 0.1) is 19.1 Å². The molecule has 0 aromatic heterocycles. The summed E-state index contributed by atoms with van der Waals surface area (Å²) in [6.07, 6.45) is -1.95. The van der Waals surface area contributed by atoms with Gasteiger partial charge in [0.15, 0.2) is 0 Å². The molecule has 0 aromatic rings. The Morgan fingerprint density at radius 1 is 0.786 bits per heavy atom. The molecule has 0 aliphatic carbocycles. The number of carbonyl (C=O) groups is 9. The van der Waals surface area contributed by atoms with Gasteiger partial charge < -0.3 is 69.3 Å². The zero-order valence-electron chi connectivity index (χ0n) is 31.8. The summed E-state index contributed by atoms with van der Waals surface area (Å²) < 4.78 is 0. The first-order chi connectivity index (χ1) is 26.3. The van der Waals surface area contributed by atoms with E-state index in [4.69, 9.17) is 11.5 Å². The van der Waals surface area contributed by atoms with Crippen molar-refractivity contribution in [3.8, 4) is 0 Å². The van der Waals surface area contributed by atoms with Crippen molar-refractivity contribution < 1.29 is 58.5 Å². The largest absolute Gasteiger partial charge is 0.481 e. The highest BCUT2D eigenvalue weighted by atomic mass is 33.1. The second-order valence-corrected chi connectivity index (χ2v) is 15.9. The molecule has 1 rings (SSSR count). The highest BCUT2D eigenvalue weighted by Crippen LogP contribution is 2.23. The van der Waals surface area contributed by atoms with Crippen LogP contribution >= 0.6 is 21.6 Å². The molecule has 1 aliphatic heterocycles. The summed E-state index contributed by atoms with van der Waals surface area (Å²) in [5, 5.41) is 49.4. The molecular weight excluding hydrogens is 781 g/mol. The summed E-state index contributed by atoms with van der Waals surface area (Å²) in [4.78, 5) is 117. The van der Waals surface area contributed by atoms with Gasteiger partial charge in [-0.1, -0.05) is 35.4 Å². The molecule has 0 saturated carbocycles. The quantitative estimate of drug-likeness (QED) is 0.0442. The molecule has 318 valence electrons. The lowest BCUT2D eigenvalue weighted by Gasteiger charge is -2.28. The predicted molar refractivity (Wildman–Crippen MR) is 205 cm³/mol. The third-order valence-electron chi connectivity index (χ3n) is 8.09. The molecule has 0 radical (unpaired) electrons. The summed E-state index contributed by atoms with van der Waals surface area (Å²) in [7, 11) is 2.06. The molecule has 56 heavy (non-hydrogen) atoms. The van der Waals surface area contributed by atoms with Gasteiger partial charge in [-0.05, 0) is 45.1 Å². The van der Waals surface area contributed by atoms with Crippen molar-refractivity contribution in [1.82, 2.24) is 42.5 Å². The van der Waals surface area contributed by atoms with Crippen LogP contribution in [0.4, 0.5) is 0 Å². The van der Waals surface area contributed by atoms with Gasteiger partial charge in [0, 0.05) is 25.1 Å². The number of carboxylic acids is 1. The first-order valence-corrected chi connectivity index (χ1v) is 20.3. The Labute approximate surface area is 332 Å². The van der Waals surface area contributed by atoms with Crippen molar-refractivity contribution in [2.24, 2.45) is 17.4 Å². The van der Waals surface area contributed by atoms with E-state index in [0.717, 1.165) is 35.4 Å². The van der Waals surface area contributed by atoms with Gasteiger partial charge in [0.25, 0.3) is 0 Å². The SMILES string of the molecule is CC(=O)N[C@H]1CSSC[C@@H](C(N)=O)NC(=O)[C@H](CCC(C)C)NC(=O)[C@H]([C@@H](C)O)NC(=O)[C@H](CC(=O)O)NC(=O)[C@H](CO)NC(=O)[C@H](CCCNCN)NC1=O. The van der Waals surface area contributed by atoms with Gasteiger partial charge in [-0.15, -0.1) is 0 Å². The fraction of sp³-hybridized carbons (Fsp3) is 0.719. The number of primary amides is 1. The standard InChI is InChI=1S/C32H56N10O12S2/c1-15(2)7-8-19-28(50)41-22(26(34)48)12-55-56-13-23(36-17(4)45)31(53)37-18(6-5-9-35-14-33)27(49)40-21(11-43)30(52)39-20(10-24(46)47)29(51)42-25(16(3)44)32(54)38-19/h15-16,18-23,25,35,43-44H,5-14,33H2,1-4H3,(H2,34,48)(H,36,45)(H,37,53)(H,38,54)(H,39,52)(H,40,49)(H,41,50)(H,42,51)(H,46,47)/t16-,18+,19+,20+,21+,22+,23+,25+/m1/s1. The van der Waals surface area contributed by atoms with Gasteiger partial charge in [-0.3, -0.25) is 43.2 Å². The zero-order chi connectivity index (χ0) is 42.5.